The molecule has 1 aliphatic heterocycles. The van der Waals surface area contributed by atoms with Gasteiger partial charge in [-0.25, -0.2) is 4.79 Å². The second-order valence-corrected chi connectivity index (χ2v) is 8.36. The molecule has 0 saturated carbocycles. The first-order valence-electron chi connectivity index (χ1n) is 10.2. The van der Waals surface area contributed by atoms with Crippen LogP contribution in [-0.2, 0) is 11.3 Å². The Morgan fingerprint density at radius 3 is 2.38 bits per heavy atom. The number of amides is 1. The third-order valence-corrected chi connectivity index (χ3v) is 6.29. The summed E-state index contributed by atoms with van der Waals surface area (Å²) in [7, 11) is 0. The number of anilines is 1. The lowest BCUT2D eigenvalue weighted by molar-refractivity contribution is 0.0948. The van der Waals surface area contributed by atoms with Gasteiger partial charge in [-0.3, -0.25) is 14.3 Å². The van der Waals surface area contributed by atoms with Gasteiger partial charge in [0.2, 0.25) is 0 Å². The largest absolute Gasteiger partial charge is 0.444 e. The Morgan fingerprint density at radius 1 is 0.875 bits per heavy atom. The van der Waals surface area contributed by atoms with E-state index in [9.17, 15) is 9.59 Å². The molecule has 3 heterocycles. The average Bonchev–Trinajstić information content (AvgIpc) is 3.56. The molecule has 1 unspecified atom stereocenters. The topological polar surface area (TPSA) is 51.5 Å². The minimum Gasteiger partial charge on any atom is -0.444 e. The molecule has 1 aliphatic rings. The van der Waals surface area contributed by atoms with Crippen LogP contribution in [0.3, 0.4) is 0 Å². The highest BCUT2D eigenvalue weighted by molar-refractivity contribution is 7.10. The Morgan fingerprint density at radius 2 is 1.62 bits per heavy atom. The van der Waals surface area contributed by atoms with Crippen LogP contribution in [0, 0.1) is 0 Å². The van der Waals surface area contributed by atoms with Crippen molar-refractivity contribution in [2.75, 3.05) is 4.90 Å². The molecule has 0 aliphatic carbocycles. The summed E-state index contributed by atoms with van der Waals surface area (Å²) in [6.07, 6.45) is 4.81. The zero-order valence-corrected chi connectivity index (χ0v) is 17.9. The fourth-order valence-electron chi connectivity index (χ4n) is 3.87. The first kappa shape index (κ1) is 20.0. The van der Waals surface area contributed by atoms with Crippen LogP contribution >= 0.6 is 11.3 Å². The highest BCUT2D eigenvalue weighted by Crippen LogP contribution is 2.43. The first-order valence-corrected chi connectivity index (χ1v) is 11.1. The van der Waals surface area contributed by atoms with Gasteiger partial charge in [-0.2, -0.15) is 0 Å². The Bertz CT molecular complexity index is 1260. The maximum atomic E-state index is 13.5. The van der Waals surface area contributed by atoms with Crippen molar-refractivity contribution in [2.24, 2.45) is 0 Å². The molecule has 2 aromatic heterocycles. The maximum Gasteiger partial charge on any atom is 0.415 e. The molecule has 0 bridgehead atoms. The van der Waals surface area contributed by atoms with Gasteiger partial charge in [0, 0.05) is 22.8 Å². The summed E-state index contributed by atoms with van der Waals surface area (Å²) in [5.74, 6) is -0.177. The van der Waals surface area contributed by atoms with E-state index < -0.39 is 12.1 Å². The Balaban J connectivity index is 1.57. The normalized spacial score (nSPS) is 15.1. The van der Waals surface area contributed by atoms with E-state index in [-0.39, 0.29) is 12.5 Å². The van der Waals surface area contributed by atoms with Crippen LogP contribution in [0.2, 0.25) is 0 Å². The lowest BCUT2D eigenvalue weighted by atomic mass is 9.93. The van der Waals surface area contributed by atoms with Crippen molar-refractivity contribution in [1.29, 1.82) is 0 Å². The maximum absolute atomic E-state index is 13.5. The highest BCUT2D eigenvalue weighted by atomic mass is 32.1. The van der Waals surface area contributed by atoms with Crippen LogP contribution in [0.25, 0.3) is 6.08 Å². The van der Waals surface area contributed by atoms with Crippen molar-refractivity contribution in [2.45, 2.75) is 12.6 Å². The van der Waals surface area contributed by atoms with Crippen LogP contribution in [0.15, 0.2) is 102 Å². The number of carbonyl (C=O) groups is 2. The summed E-state index contributed by atoms with van der Waals surface area (Å²) in [5, 5.41) is 1.95. The van der Waals surface area contributed by atoms with Gasteiger partial charge in [0.15, 0.2) is 0 Å². The van der Waals surface area contributed by atoms with Gasteiger partial charge in [0.25, 0.3) is 5.91 Å². The summed E-state index contributed by atoms with van der Waals surface area (Å²) >= 11 is 1.51. The summed E-state index contributed by atoms with van der Waals surface area (Å²) in [4.78, 5) is 29.4. The van der Waals surface area contributed by atoms with E-state index in [4.69, 9.17) is 4.74 Å². The highest BCUT2D eigenvalue weighted by Gasteiger charge is 2.38. The standard InChI is InChI=1S/C26H20N2O3S/c29-25(27-14-6-7-15-27)21-17-20-11-4-5-12-22(20)28(24(21)23-13-8-16-32-23)26(30)31-18-19-9-2-1-3-10-19/h1-17,24H,18H2. The number of ether oxygens (including phenoxy) is 1. The molecule has 1 amide bonds. The van der Waals surface area contributed by atoms with Gasteiger partial charge >= 0.3 is 6.09 Å². The molecule has 2 aromatic carbocycles. The SMILES string of the molecule is O=C(OCc1ccccc1)N1c2ccccc2C=C(C(=O)n2cccc2)C1c1cccs1. The van der Waals surface area contributed by atoms with Gasteiger partial charge in [-0.1, -0.05) is 54.6 Å². The Labute approximate surface area is 189 Å². The smallest absolute Gasteiger partial charge is 0.415 e. The van der Waals surface area contributed by atoms with E-state index in [1.54, 1.807) is 29.4 Å². The lowest BCUT2D eigenvalue weighted by Gasteiger charge is -2.36. The summed E-state index contributed by atoms with van der Waals surface area (Å²) in [5.41, 5.74) is 2.93. The third-order valence-electron chi connectivity index (χ3n) is 5.36. The van der Waals surface area contributed by atoms with Crippen molar-refractivity contribution in [3.8, 4) is 0 Å². The molecule has 0 fully saturated rings. The molecule has 32 heavy (non-hydrogen) atoms. The molecule has 5 nitrogen and oxygen atoms in total. The van der Waals surface area contributed by atoms with E-state index in [2.05, 4.69) is 0 Å². The number of carbonyl (C=O) groups excluding carboxylic acids is 2. The molecule has 5 rings (SSSR count). The molecule has 0 spiro atoms. The number of nitrogens with zero attached hydrogens (tertiary/aromatic N) is 2. The fraction of sp³-hybridized carbons (Fsp3) is 0.0769. The number of hydrogen-bond donors (Lipinski definition) is 0. The fourth-order valence-corrected chi connectivity index (χ4v) is 4.70. The van der Waals surface area contributed by atoms with E-state index in [1.165, 1.54) is 15.9 Å². The first-order chi connectivity index (χ1) is 15.7. The third kappa shape index (κ3) is 3.76. The van der Waals surface area contributed by atoms with E-state index in [0.29, 0.717) is 11.3 Å². The number of fused-ring (bicyclic) bond motifs is 1. The minimum atomic E-state index is -0.580. The van der Waals surface area contributed by atoms with Gasteiger partial charge in [0.05, 0.1) is 5.69 Å². The zero-order chi connectivity index (χ0) is 21.9. The van der Waals surface area contributed by atoms with E-state index in [0.717, 1.165) is 16.0 Å². The van der Waals surface area contributed by atoms with Crippen molar-refractivity contribution in [3.05, 3.63) is 118 Å². The van der Waals surface area contributed by atoms with Crippen molar-refractivity contribution >= 4 is 35.1 Å². The molecule has 0 radical (unpaired) electrons. The number of para-hydroxylation sites is 1. The number of benzene rings is 2. The molecule has 6 heteroatoms. The van der Waals surface area contributed by atoms with E-state index in [1.807, 2.05) is 78.2 Å². The molecular weight excluding hydrogens is 420 g/mol. The molecule has 158 valence electrons. The Hall–Kier alpha value is -3.90. The molecular formula is C26H20N2O3S. The van der Waals surface area contributed by atoms with Gasteiger partial charge in [-0.05, 0) is 46.8 Å². The van der Waals surface area contributed by atoms with Gasteiger partial charge < -0.3 is 4.74 Å². The predicted molar refractivity (Wildman–Crippen MR) is 126 cm³/mol. The van der Waals surface area contributed by atoms with Gasteiger partial charge in [0.1, 0.15) is 12.6 Å². The summed E-state index contributed by atoms with van der Waals surface area (Å²) < 4.78 is 7.25. The number of rotatable bonds is 4. The predicted octanol–water partition coefficient (Wildman–Crippen LogP) is 6.17. The number of aromatic nitrogens is 1. The van der Waals surface area contributed by atoms with Crippen LogP contribution in [0.5, 0.6) is 0 Å². The van der Waals surface area contributed by atoms with Crippen LogP contribution in [0.1, 0.15) is 26.8 Å². The monoisotopic (exact) mass is 440 g/mol. The number of thiophene rings is 1. The molecule has 0 saturated heterocycles. The summed E-state index contributed by atoms with van der Waals surface area (Å²) in [6.45, 7) is 0.153. The summed E-state index contributed by atoms with van der Waals surface area (Å²) in [6, 6.07) is 24.0. The minimum absolute atomic E-state index is 0.153. The van der Waals surface area contributed by atoms with Crippen LogP contribution < -0.4 is 4.90 Å². The lowest BCUT2D eigenvalue weighted by Crippen LogP contribution is -2.40. The quantitative estimate of drug-likeness (QED) is 0.381. The van der Waals surface area contributed by atoms with Crippen molar-refractivity contribution in [1.82, 2.24) is 4.57 Å². The average molecular weight is 441 g/mol. The molecule has 1 atom stereocenters. The second-order valence-electron chi connectivity index (χ2n) is 7.38. The van der Waals surface area contributed by atoms with Gasteiger partial charge in [-0.15, -0.1) is 11.3 Å². The van der Waals surface area contributed by atoms with Crippen molar-refractivity contribution < 1.29 is 14.3 Å². The zero-order valence-electron chi connectivity index (χ0n) is 17.1. The van der Waals surface area contributed by atoms with Crippen LogP contribution in [-0.4, -0.2) is 16.6 Å². The molecule has 4 aromatic rings. The second kappa shape index (κ2) is 8.69. The van der Waals surface area contributed by atoms with Crippen molar-refractivity contribution in [3.63, 3.8) is 0 Å². The molecule has 0 N–H and O–H groups in total. The van der Waals surface area contributed by atoms with Crippen LogP contribution in [0.4, 0.5) is 10.5 Å². The Kier molecular flexibility index (Phi) is 5.44. The number of hydrogen-bond acceptors (Lipinski definition) is 4. The van der Waals surface area contributed by atoms with E-state index >= 15 is 0 Å².